The fourth-order valence-electron chi connectivity index (χ4n) is 2.58. The zero-order valence-corrected chi connectivity index (χ0v) is 15.9. The van der Waals surface area contributed by atoms with Crippen LogP contribution in [0.5, 0.6) is 11.5 Å². The molecule has 11 heteroatoms. The van der Waals surface area contributed by atoms with Gasteiger partial charge in [0.2, 0.25) is 12.7 Å². The standard InChI is InChI=1S/C18H11Cl2F3N4O2/c19-11-2-1-3-12(15(11)20)26-17-24-7-10(18(21,22)23)16(27-17)25-9-4-5-13-14(6-9)29-8-28-13/h1-7H,8H2,(H2,24,25,26,27). The van der Waals surface area contributed by atoms with E-state index in [0.717, 1.165) is 0 Å². The van der Waals surface area contributed by atoms with Crippen molar-refractivity contribution in [3.8, 4) is 11.5 Å². The molecule has 0 radical (unpaired) electrons. The number of rotatable bonds is 4. The van der Waals surface area contributed by atoms with Gasteiger partial charge in [0.1, 0.15) is 11.4 Å². The molecule has 1 aliphatic rings. The molecule has 1 aromatic heterocycles. The van der Waals surface area contributed by atoms with Gasteiger partial charge < -0.3 is 20.1 Å². The highest BCUT2D eigenvalue weighted by molar-refractivity contribution is 6.43. The largest absolute Gasteiger partial charge is 0.454 e. The predicted molar refractivity (Wildman–Crippen MR) is 103 cm³/mol. The highest BCUT2D eigenvalue weighted by atomic mass is 35.5. The molecular weight excluding hydrogens is 432 g/mol. The Labute approximate surface area is 172 Å². The number of alkyl halides is 3. The number of hydrogen-bond donors (Lipinski definition) is 2. The van der Waals surface area contributed by atoms with Crippen molar-refractivity contribution in [2.75, 3.05) is 17.4 Å². The van der Waals surface area contributed by atoms with Crippen LogP contribution in [0.4, 0.5) is 36.3 Å². The summed E-state index contributed by atoms with van der Waals surface area (Å²) in [6.07, 6.45) is -3.98. The Bertz CT molecular complexity index is 1080. The molecule has 2 aromatic carbocycles. The minimum absolute atomic E-state index is 0.0502. The van der Waals surface area contributed by atoms with Gasteiger partial charge >= 0.3 is 6.18 Å². The molecule has 0 unspecified atom stereocenters. The lowest BCUT2D eigenvalue weighted by atomic mass is 10.2. The molecule has 150 valence electrons. The molecule has 29 heavy (non-hydrogen) atoms. The van der Waals surface area contributed by atoms with Crippen molar-refractivity contribution in [2.24, 2.45) is 0 Å². The fraction of sp³-hybridized carbons (Fsp3) is 0.111. The summed E-state index contributed by atoms with van der Waals surface area (Å²) < 4.78 is 50.7. The highest BCUT2D eigenvalue weighted by Crippen LogP contribution is 2.39. The molecule has 2 N–H and O–H groups in total. The van der Waals surface area contributed by atoms with Gasteiger partial charge in [-0.05, 0) is 24.3 Å². The van der Waals surface area contributed by atoms with E-state index in [-0.39, 0.29) is 22.8 Å². The lowest BCUT2D eigenvalue weighted by Crippen LogP contribution is -2.12. The van der Waals surface area contributed by atoms with Crippen LogP contribution >= 0.6 is 23.2 Å². The summed E-state index contributed by atoms with van der Waals surface area (Å²) in [4.78, 5) is 7.71. The number of nitrogens with one attached hydrogen (secondary N) is 2. The topological polar surface area (TPSA) is 68.3 Å². The monoisotopic (exact) mass is 442 g/mol. The second-order valence-electron chi connectivity index (χ2n) is 5.87. The van der Waals surface area contributed by atoms with E-state index >= 15 is 0 Å². The Morgan fingerprint density at radius 1 is 1.00 bits per heavy atom. The number of benzene rings is 2. The molecule has 0 bridgehead atoms. The van der Waals surface area contributed by atoms with Crippen LogP contribution in [0.3, 0.4) is 0 Å². The minimum atomic E-state index is -4.66. The van der Waals surface area contributed by atoms with Gasteiger partial charge in [-0.1, -0.05) is 29.3 Å². The van der Waals surface area contributed by atoms with E-state index < -0.39 is 17.6 Å². The normalized spacial score (nSPS) is 12.7. The van der Waals surface area contributed by atoms with Crippen LogP contribution in [-0.4, -0.2) is 16.8 Å². The Hall–Kier alpha value is -2.91. The van der Waals surface area contributed by atoms with Gasteiger partial charge in [0.05, 0.1) is 15.7 Å². The summed E-state index contributed by atoms with van der Waals surface area (Å²) in [6, 6.07) is 9.47. The second kappa shape index (κ2) is 7.49. The molecule has 0 fully saturated rings. The first-order valence-electron chi connectivity index (χ1n) is 8.13. The molecule has 0 amide bonds. The maximum absolute atomic E-state index is 13.4. The molecule has 0 saturated carbocycles. The van der Waals surface area contributed by atoms with Gasteiger partial charge in [-0.15, -0.1) is 0 Å². The first kappa shape index (κ1) is 19.4. The smallest absolute Gasteiger partial charge is 0.421 e. The average molecular weight is 443 g/mol. The van der Waals surface area contributed by atoms with E-state index in [1.54, 1.807) is 30.3 Å². The number of anilines is 4. The summed E-state index contributed by atoms with van der Waals surface area (Å²) in [5, 5.41) is 5.90. The maximum Gasteiger partial charge on any atom is 0.421 e. The summed E-state index contributed by atoms with van der Waals surface area (Å²) >= 11 is 12.1. The summed E-state index contributed by atoms with van der Waals surface area (Å²) in [5.74, 6) is 0.395. The molecular formula is C18H11Cl2F3N4O2. The molecule has 1 aliphatic heterocycles. The molecule has 0 spiro atoms. The Kier molecular flexibility index (Phi) is 5.01. The molecule has 0 saturated heterocycles. The average Bonchev–Trinajstić information content (AvgIpc) is 3.12. The van der Waals surface area contributed by atoms with E-state index in [1.807, 2.05) is 0 Å². The van der Waals surface area contributed by atoms with Crippen molar-refractivity contribution >= 4 is 46.3 Å². The lowest BCUT2D eigenvalue weighted by Gasteiger charge is -2.15. The quantitative estimate of drug-likeness (QED) is 0.514. The zero-order valence-electron chi connectivity index (χ0n) is 14.3. The van der Waals surface area contributed by atoms with Crippen LogP contribution in [-0.2, 0) is 6.18 Å². The van der Waals surface area contributed by atoms with E-state index in [2.05, 4.69) is 20.6 Å². The first-order chi connectivity index (χ1) is 13.8. The van der Waals surface area contributed by atoms with Crippen LogP contribution in [0.15, 0.2) is 42.6 Å². The molecule has 3 aromatic rings. The number of ether oxygens (including phenoxy) is 2. The molecule has 0 atom stereocenters. The third kappa shape index (κ3) is 4.10. The number of hydrogen-bond acceptors (Lipinski definition) is 6. The Morgan fingerprint density at radius 3 is 2.59 bits per heavy atom. The van der Waals surface area contributed by atoms with Crippen LogP contribution in [0.25, 0.3) is 0 Å². The minimum Gasteiger partial charge on any atom is -0.454 e. The molecule has 2 heterocycles. The number of fused-ring (bicyclic) bond motifs is 1. The fourth-order valence-corrected chi connectivity index (χ4v) is 2.92. The van der Waals surface area contributed by atoms with Gasteiger partial charge in [-0.2, -0.15) is 18.2 Å². The molecule has 4 rings (SSSR count). The van der Waals surface area contributed by atoms with Crippen LogP contribution in [0, 0.1) is 0 Å². The van der Waals surface area contributed by atoms with Crippen molar-refractivity contribution in [3.05, 3.63) is 58.2 Å². The van der Waals surface area contributed by atoms with Gasteiger partial charge in [-0.3, -0.25) is 0 Å². The van der Waals surface area contributed by atoms with Crippen LogP contribution in [0.1, 0.15) is 5.56 Å². The third-order valence-electron chi connectivity index (χ3n) is 3.93. The highest BCUT2D eigenvalue weighted by Gasteiger charge is 2.35. The van der Waals surface area contributed by atoms with Gasteiger partial charge in [0.25, 0.3) is 0 Å². The van der Waals surface area contributed by atoms with Gasteiger partial charge in [0, 0.05) is 18.0 Å². The summed E-state index contributed by atoms with van der Waals surface area (Å²) in [6.45, 7) is 0.0502. The lowest BCUT2D eigenvalue weighted by molar-refractivity contribution is -0.137. The second-order valence-corrected chi connectivity index (χ2v) is 6.66. The van der Waals surface area contributed by atoms with Gasteiger partial charge in [-0.25, -0.2) is 4.98 Å². The number of aromatic nitrogens is 2. The summed E-state index contributed by atoms with van der Waals surface area (Å²) in [5.41, 5.74) is -0.337. The SMILES string of the molecule is FC(F)(F)c1cnc(Nc2cccc(Cl)c2Cl)nc1Nc1ccc2c(c1)OCO2. The Morgan fingerprint density at radius 2 is 1.79 bits per heavy atom. The maximum atomic E-state index is 13.4. The van der Waals surface area contributed by atoms with Crippen molar-refractivity contribution in [3.63, 3.8) is 0 Å². The predicted octanol–water partition coefficient (Wildman–Crippen LogP) is 6.02. The van der Waals surface area contributed by atoms with E-state index in [4.69, 9.17) is 32.7 Å². The van der Waals surface area contributed by atoms with Crippen LogP contribution < -0.4 is 20.1 Å². The first-order valence-corrected chi connectivity index (χ1v) is 8.89. The zero-order chi connectivity index (χ0) is 20.6. The Balaban J connectivity index is 1.68. The van der Waals surface area contributed by atoms with Crippen molar-refractivity contribution in [1.82, 2.24) is 9.97 Å². The van der Waals surface area contributed by atoms with Crippen LogP contribution in [0.2, 0.25) is 10.0 Å². The molecule has 0 aliphatic carbocycles. The van der Waals surface area contributed by atoms with E-state index in [1.165, 1.54) is 6.07 Å². The van der Waals surface area contributed by atoms with E-state index in [0.29, 0.717) is 29.1 Å². The van der Waals surface area contributed by atoms with Crippen molar-refractivity contribution in [1.29, 1.82) is 0 Å². The van der Waals surface area contributed by atoms with Crippen molar-refractivity contribution in [2.45, 2.75) is 6.18 Å². The number of nitrogens with zero attached hydrogens (tertiary/aromatic N) is 2. The number of halogens is 5. The van der Waals surface area contributed by atoms with Crippen molar-refractivity contribution < 1.29 is 22.6 Å². The van der Waals surface area contributed by atoms with Gasteiger partial charge in [0.15, 0.2) is 11.5 Å². The van der Waals surface area contributed by atoms with E-state index in [9.17, 15) is 13.2 Å². The summed E-state index contributed by atoms with van der Waals surface area (Å²) in [7, 11) is 0. The molecule has 6 nitrogen and oxygen atoms in total. The third-order valence-corrected chi connectivity index (χ3v) is 4.75.